The van der Waals surface area contributed by atoms with Crippen molar-refractivity contribution in [3.8, 4) is 0 Å². The van der Waals surface area contributed by atoms with Crippen LogP contribution in [0.25, 0.3) is 0 Å². The van der Waals surface area contributed by atoms with E-state index in [-0.39, 0.29) is 22.4 Å². The van der Waals surface area contributed by atoms with Crippen molar-refractivity contribution < 1.29 is 27.6 Å². The van der Waals surface area contributed by atoms with Crippen LogP contribution in [0.2, 0.25) is 0 Å². The molecule has 1 aliphatic rings. The minimum Gasteiger partial charge on any atom is -0.452 e. The Morgan fingerprint density at radius 1 is 1.14 bits per heavy atom. The van der Waals surface area contributed by atoms with Crippen molar-refractivity contribution >= 4 is 27.6 Å². The van der Waals surface area contributed by atoms with E-state index < -0.39 is 22.6 Å². The topological polar surface area (TPSA) is 93.2 Å². The number of hydrogen-bond donors (Lipinski definition) is 0. The van der Waals surface area contributed by atoms with Crippen LogP contribution in [-0.4, -0.2) is 51.6 Å². The molecule has 3 rings (SSSR count). The Kier molecular flexibility index (Phi) is 6.02. The summed E-state index contributed by atoms with van der Waals surface area (Å²) >= 11 is 0. The van der Waals surface area contributed by atoms with Crippen LogP contribution >= 0.6 is 0 Å². The highest BCUT2D eigenvalue weighted by atomic mass is 32.2. The second-order valence-corrected chi connectivity index (χ2v) is 8.58. The van der Waals surface area contributed by atoms with Crippen molar-refractivity contribution in [1.82, 2.24) is 4.47 Å². The molecule has 1 atom stereocenters. The predicted octanol–water partition coefficient (Wildman–Crippen LogP) is 2.00. The first-order valence-electron chi connectivity index (χ1n) is 8.96. The summed E-state index contributed by atoms with van der Waals surface area (Å²) in [5.74, 6) is -1.01. The lowest BCUT2D eigenvalue weighted by Crippen LogP contribution is -2.38. The summed E-state index contributed by atoms with van der Waals surface area (Å²) < 4.78 is 30.2. The number of hydrogen-bond acceptors (Lipinski definition) is 6. The van der Waals surface area contributed by atoms with E-state index in [1.807, 2.05) is 31.2 Å². The summed E-state index contributed by atoms with van der Waals surface area (Å²) in [6.07, 6.45) is 0.752. The van der Waals surface area contributed by atoms with Gasteiger partial charge in [0.1, 0.15) is 0 Å². The molecule has 0 aromatic heterocycles. The van der Waals surface area contributed by atoms with Crippen LogP contribution in [0.4, 0.5) is 5.69 Å². The van der Waals surface area contributed by atoms with E-state index in [2.05, 4.69) is 0 Å². The summed E-state index contributed by atoms with van der Waals surface area (Å²) in [5.41, 5.74) is 2.06. The third-order valence-corrected chi connectivity index (χ3v) is 6.48. The van der Waals surface area contributed by atoms with E-state index in [0.29, 0.717) is 4.47 Å². The number of carbonyl (C=O) groups excluding carboxylic acids is 2. The van der Waals surface area contributed by atoms with Gasteiger partial charge in [-0.15, -0.1) is 0 Å². The lowest BCUT2D eigenvalue weighted by Gasteiger charge is -2.22. The Morgan fingerprint density at radius 2 is 1.79 bits per heavy atom. The van der Waals surface area contributed by atoms with Gasteiger partial charge in [-0.05, 0) is 49.2 Å². The standard InChI is InChI=1S/C20H22N2O6S/c1-14-12-16-6-4-5-7-18(16)22(14)19(23)13-28-20(24)15-8-10-17(11-9-15)29(25,26)21(2)27-3/h4-11,14H,12-13H2,1-3H3/t14-/m0/s1. The van der Waals surface area contributed by atoms with Crippen LogP contribution in [0.1, 0.15) is 22.8 Å². The number of carbonyl (C=O) groups is 2. The number of amides is 1. The fraction of sp³-hybridized carbons (Fsp3) is 0.300. The van der Waals surface area contributed by atoms with Crippen molar-refractivity contribution in [2.24, 2.45) is 0 Å². The second-order valence-electron chi connectivity index (χ2n) is 6.64. The first-order valence-corrected chi connectivity index (χ1v) is 10.4. The van der Waals surface area contributed by atoms with E-state index >= 15 is 0 Å². The molecule has 1 amide bonds. The molecule has 0 fully saturated rings. The zero-order valence-corrected chi connectivity index (χ0v) is 17.2. The van der Waals surface area contributed by atoms with Gasteiger partial charge in [-0.3, -0.25) is 9.63 Å². The Balaban J connectivity index is 1.65. The predicted molar refractivity (Wildman–Crippen MR) is 106 cm³/mol. The van der Waals surface area contributed by atoms with Crippen LogP contribution in [0.5, 0.6) is 0 Å². The normalized spacial score (nSPS) is 16.0. The van der Waals surface area contributed by atoms with Gasteiger partial charge in [-0.2, -0.15) is 0 Å². The van der Waals surface area contributed by atoms with Crippen LogP contribution in [0, 0.1) is 0 Å². The molecule has 0 spiro atoms. The molecule has 9 heteroatoms. The maximum Gasteiger partial charge on any atom is 0.338 e. The average molecular weight is 418 g/mol. The number of rotatable bonds is 6. The number of nitrogens with zero attached hydrogens (tertiary/aromatic N) is 2. The van der Waals surface area contributed by atoms with Gasteiger partial charge in [-0.25, -0.2) is 13.2 Å². The Hall–Kier alpha value is -2.75. The van der Waals surface area contributed by atoms with Crippen LogP contribution in [0.15, 0.2) is 53.4 Å². The molecule has 2 aromatic rings. The fourth-order valence-corrected chi connectivity index (χ4v) is 4.21. The third kappa shape index (κ3) is 4.16. The highest BCUT2D eigenvalue weighted by molar-refractivity contribution is 7.89. The number of sulfonamides is 1. The maximum atomic E-state index is 12.6. The van der Waals surface area contributed by atoms with Gasteiger partial charge >= 0.3 is 5.97 Å². The molecule has 8 nitrogen and oxygen atoms in total. The van der Waals surface area contributed by atoms with Crippen LogP contribution < -0.4 is 4.90 Å². The number of ether oxygens (including phenoxy) is 1. The molecule has 0 N–H and O–H groups in total. The van der Waals surface area contributed by atoms with Gasteiger partial charge in [0.25, 0.3) is 15.9 Å². The largest absolute Gasteiger partial charge is 0.452 e. The molecule has 1 heterocycles. The summed E-state index contributed by atoms with van der Waals surface area (Å²) in [4.78, 5) is 31.2. The Labute approximate surface area is 169 Å². The summed E-state index contributed by atoms with van der Waals surface area (Å²) in [7, 11) is -1.30. The van der Waals surface area contributed by atoms with Gasteiger partial charge < -0.3 is 9.64 Å². The van der Waals surface area contributed by atoms with Crippen molar-refractivity contribution in [2.45, 2.75) is 24.3 Å². The van der Waals surface area contributed by atoms with E-state index in [1.165, 1.54) is 38.4 Å². The van der Waals surface area contributed by atoms with E-state index in [0.717, 1.165) is 17.7 Å². The Morgan fingerprint density at radius 3 is 2.45 bits per heavy atom. The van der Waals surface area contributed by atoms with Crippen molar-refractivity contribution in [2.75, 3.05) is 25.7 Å². The van der Waals surface area contributed by atoms with Crippen LogP contribution in [-0.2, 0) is 30.8 Å². The highest BCUT2D eigenvalue weighted by Crippen LogP contribution is 2.31. The monoisotopic (exact) mass is 418 g/mol. The summed E-state index contributed by atoms with van der Waals surface area (Å²) in [6.45, 7) is 1.54. The molecule has 1 aliphatic heterocycles. The summed E-state index contributed by atoms with van der Waals surface area (Å²) in [6, 6.07) is 12.8. The average Bonchev–Trinajstić information content (AvgIpc) is 3.06. The molecule has 0 saturated heterocycles. The zero-order chi connectivity index (χ0) is 21.2. The molecule has 2 aromatic carbocycles. The third-order valence-electron chi connectivity index (χ3n) is 4.79. The fourth-order valence-electron chi connectivity index (χ4n) is 3.24. The van der Waals surface area contributed by atoms with E-state index in [9.17, 15) is 18.0 Å². The Bertz CT molecular complexity index is 1020. The first kappa shape index (κ1) is 21.0. The zero-order valence-electron chi connectivity index (χ0n) is 16.4. The molecule has 0 bridgehead atoms. The smallest absolute Gasteiger partial charge is 0.338 e. The number of para-hydroxylation sites is 1. The minimum absolute atomic E-state index is 0.0131. The highest BCUT2D eigenvalue weighted by Gasteiger charge is 2.31. The van der Waals surface area contributed by atoms with E-state index in [1.54, 1.807) is 4.90 Å². The number of hydroxylamine groups is 1. The SMILES string of the molecule is CON(C)S(=O)(=O)c1ccc(C(=O)OCC(=O)N2c3ccccc3C[C@@H]2C)cc1. The lowest BCUT2D eigenvalue weighted by atomic mass is 10.1. The lowest BCUT2D eigenvalue weighted by molar-refractivity contribution is -0.122. The van der Waals surface area contributed by atoms with Gasteiger partial charge in [0.15, 0.2) is 6.61 Å². The number of fused-ring (bicyclic) bond motifs is 1. The van der Waals surface area contributed by atoms with Gasteiger partial charge in [0, 0.05) is 18.8 Å². The number of anilines is 1. The molecule has 0 saturated carbocycles. The molecule has 0 unspecified atom stereocenters. The van der Waals surface area contributed by atoms with Crippen molar-refractivity contribution in [3.63, 3.8) is 0 Å². The maximum absolute atomic E-state index is 12.6. The number of esters is 1. The molecule has 0 radical (unpaired) electrons. The molecule has 154 valence electrons. The molecular formula is C20H22N2O6S. The quantitative estimate of drug-likeness (QED) is 0.526. The van der Waals surface area contributed by atoms with Crippen LogP contribution in [0.3, 0.4) is 0 Å². The molecule has 29 heavy (non-hydrogen) atoms. The minimum atomic E-state index is -3.80. The van der Waals surface area contributed by atoms with E-state index in [4.69, 9.17) is 9.57 Å². The number of benzene rings is 2. The van der Waals surface area contributed by atoms with Crippen molar-refractivity contribution in [3.05, 3.63) is 59.7 Å². The van der Waals surface area contributed by atoms with Crippen molar-refractivity contribution in [1.29, 1.82) is 0 Å². The molecular weight excluding hydrogens is 396 g/mol. The van der Waals surface area contributed by atoms with Gasteiger partial charge in [0.2, 0.25) is 0 Å². The summed E-state index contributed by atoms with van der Waals surface area (Å²) in [5, 5.41) is 0. The van der Waals surface area contributed by atoms with Gasteiger partial charge in [0.05, 0.1) is 17.6 Å². The second kappa shape index (κ2) is 8.32. The first-order chi connectivity index (χ1) is 13.8. The van der Waals surface area contributed by atoms with Gasteiger partial charge in [-0.1, -0.05) is 22.7 Å². The molecule has 0 aliphatic carbocycles.